The van der Waals surface area contributed by atoms with E-state index >= 15 is 0 Å². The minimum atomic E-state index is -4.42. The molecule has 2 unspecified atom stereocenters. The largest absolute Gasteiger partial charge is 0.472 e. The molecule has 0 heterocycles. The monoisotopic (exact) mass is 785 g/mol. The predicted molar refractivity (Wildman–Crippen MR) is 228 cm³/mol. The maximum Gasteiger partial charge on any atom is 0.472 e. The van der Waals surface area contributed by atoms with E-state index < -0.39 is 32.5 Å². The minimum Gasteiger partial charge on any atom is -0.462 e. The van der Waals surface area contributed by atoms with Crippen molar-refractivity contribution >= 4 is 19.8 Å². The van der Waals surface area contributed by atoms with Crippen LogP contribution in [0.25, 0.3) is 0 Å². The van der Waals surface area contributed by atoms with E-state index in [9.17, 15) is 19.0 Å². The van der Waals surface area contributed by atoms with Crippen molar-refractivity contribution in [2.75, 3.05) is 26.4 Å². The van der Waals surface area contributed by atoms with Gasteiger partial charge in [0.05, 0.1) is 13.2 Å². The summed E-state index contributed by atoms with van der Waals surface area (Å²) >= 11 is 0. The van der Waals surface area contributed by atoms with Gasteiger partial charge in [-0.15, -0.1) is 0 Å². The third kappa shape index (κ3) is 40.2. The molecule has 0 aromatic heterocycles. The lowest BCUT2D eigenvalue weighted by molar-refractivity contribution is -0.161. The highest BCUT2D eigenvalue weighted by Gasteiger charge is 2.25. The molecular formula is C45H72NO8P. The van der Waals surface area contributed by atoms with Gasteiger partial charge in [0, 0.05) is 19.4 Å². The summed E-state index contributed by atoms with van der Waals surface area (Å²) in [6.45, 7) is 3.40. The van der Waals surface area contributed by atoms with Crippen LogP contribution in [-0.2, 0) is 32.7 Å². The number of phosphoric acid groups is 1. The fourth-order valence-corrected chi connectivity index (χ4v) is 5.45. The molecule has 0 saturated heterocycles. The highest BCUT2D eigenvalue weighted by atomic mass is 31.2. The summed E-state index contributed by atoms with van der Waals surface area (Å²) in [7, 11) is -4.42. The number of rotatable bonds is 36. The summed E-state index contributed by atoms with van der Waals surface area (Å²) in [6, 6.07) is 0. The van der Waals surface area contributed by atoms with Gasteiger partial charge in [0.1, 0.15) is 6.61 Å². The third-order valence-electron chi connectivity index (χ3n) is 7.67. The smallest absolute Gasteiger partial charge is 0.462 e. The topological polar surface area (TPSA) is 134 Å². The van der Waals surface area contributed by atoms with Crippen LogP contribution in [0.5, 0.6) is 0 Å². The standard InChI is InChI=1S/C45H72NO8P/c1-3-5-7-9-11-13-15-17-19-20-21-22-24-26-28-30-32-34-36-38-45(48)54-43(42-53-55(49,50)52-40-39-46)41-51-44(47)37-35-33-31-29-27-25-23-18-16-14-12-10-8-6-4-2/h5,7,11,13,16-19,21-22,25-28,31-34,43H,3-4,6,8-10,12,14-15,20,23-24,29-30,35-42,46H2,1-2H3,(H,49,50). The summed E-state index contributed by atoms with van der Waals surface area (Å²) < 4.78 is 32.5. The normalized spacial score (nSPS) is 14.5. The van der Waals surface area contributed by atoms with Crippen molar-refractivity contribution in [2.45, 2.75) is 136 Å². The minimum absolute atomic E-state index is 0.0277. The SMILES string of the molecule is CCC=CCC=CCC=CCC=CCC=CCC=CCCC(=O)OC(COC(=O)CCC=CCC=CCC=CCCCCCCC)COP(=O)(O)OCCN. The lowest BCUT2D eigenvalue weighted by Gasteiger charge is -2.19. The number of carbonyl (C=O) groups is 2. The number of hydrogen-bond donors (Lipinski definition) is 2. The van der Waals surface area contributed by atoms with Gasteiger partial charge in [-0.25, -0.2) is 4.57 Å². The molecule has 0 spiro atoms. The van der Waals surface area contributed by atoms with E-state index in [2.05, 4.69) is 98.9 Å². The molecule has 0 aromatic carbocycles. The van der Waals surface area contributed by atoms with Crippen LogP contribution in [0.4, 0.5) is 0 Å². The van der Waals surface area contributed by atoms with Gasteiger partial charge in [-0.3, -0.25) is 18.6 Å². The number of esters is 2. The first-order valence-electron chi connectivity index (χ1n) is 20.4. The fourth-order valence-electron chi connectivity index (χ4n) is 4.69. The molecular weight excluding hydrogens is 713 g/mol. The van der Waals surface area contributed by atoms with E-state index in [1.807, 2.05) is 24.3 Å². The Morgan fingerprint density at radius 1 is 0.564 bits per heavy atom. The second kappa shape index (κ2) is 40.3. The first kappa shape index (κ1) is 51.7. The summed E-state index contributed by atoms with van der Waals surface area (Å²) in [5.74, 6) is -1.03. The van der Waals surface area contributed by atoms with Crippen molar-refractivity contribution in [3.8, 4) is 0 Å². The molecule has 0 rings (SSSR count). The number of carbonyl (C=O) groups excluding carboxylic acids is 2. The van der Waals surface area contributed by atoms with E-state index in [0.29, 0.717) is 12.8 Å². The van der Waals surface area contributed by atoms with Crippen molar-refractivity contribution < 1.29 is 37.6 Å². The van der Waals surface area contributed by atoms with Crippen LogP contribution in [-0.4, -0.2) is 49.3 Å². The van der Waals surface area contributed by atoms with Gasteiger partial charge in [-0.1, -0.05) is 149 Å². The Labute approximate surface area is 333 Å². The Morgan fingerprint density at radius 3 is 1.47 bits per heavy atom. The summed E-state index contributed by atoms with van der Waals surface area (Å²) in [5.41, 5.74) is 5.33. The molecule has 0 aliphatic heterocycles. The van der Waals surface area contributed by atoms with Crippen molar-refractivity contribution in [3.05, 3.63) is 109 Å². The van der Waals surface area contributed by atoms with Gasteiger partial charge in [0.2, 0.25) is 0 Å². The van der Waals surface area contributed by atoms with Gasteiger partial charge in [0.15, 0.2) is 6.10 Å². The molecule has 0 aromatic rings. The van der Waals surface area contributed by atoms with Gasteiger partial charge in [-0.2, -0.15) is 0 Å². The molecule has 10 heteroatoms. The summed E-state index contributed by atoms with van der Waals surface area (Å²) in [4.78, 5) is 34.7. The van der Waals surface area contributed by atoms with Crippen LogP contribution in [0.1, 0.15) is 129 Å². The molecule has 55 heavy (non-hydrogen) atoms. The van der Waals surface area contributed by atoms with Crippen LogP contribution >= 0.6 is 7.82 Å². The van der Waals surface area contributed by atoms with E-state index in [0.717, 1.165) is 57.8 Å². The molecule has 3 N–H and O–H groups in total. The van der Waals surface area contributed by atoms with E-state index in [1.165, 1.54) is 32.1 Å². The molecule has 0 saturated carbocycles. The van der Waals surface area contributed by atoms with Crippen molar-refractivity contribution in [1.82, 2.24) is 0 Å². The molecule has 0 aliphatic rings. The van der Waals surface area contributed by atoms with E-state index in [4.69, 9.17) is 24.3 Å². The first-order valence-corrected chi connectivity index (χ1v) is 21.9. The molecule has 310 valence electrons. The number of hydrogen-bond acceptors (Lipinski definition) is 8. The molecule has 0 amide bonds. The molecule has 0 fully saturated rings. The predicted octanol–water partition coefficient (Wildman–Crippen LogP) is 11.6. The average molecular weight is 786 g/mol. The van der Waals surface area contributed by atoms with Gasteiger partial charge >= 0.3 is 19.8 Å². The Kier molecular flexibility index (Phi) is 37.9. The Hall–Kier alpha value is -3.33. The number of ether oxygens (including phenoxy) is 2. The molecule has 0 bridgehead atoms. The third-order valence-corrected chi connectivity index (χ3v) is 8.65. The summed E-state index contributed by atoms with van der Waals surface area (Å²) in [5, 5.41) is 0. The number of unbranched alkanes of at least 4 members (excludes halogenated alkanes) is 5. The Morgan fingerprint density at radius 2 is 1.00 bits per heavy atom. The maximum absolute atomic E-state index is 12.5. The second-order valence-corrected chi connectivity index (χ2v) is 14.2. The van der Waals surface area contributed by atoms with Crippen molar-refractivity contribution in [2.24, 2.45) is 5.73 Å². The lowest BCUT2D eigenvalue weighted by atomic mass is 10.1. The van der Waals surface area contributed by atoms with Crippen LogP contribution in [0.2, 0.25) is 0 Å². The van der Waals surface area contributed by atoms with Crippen LogP contribution in [0.3, 0.4) is 0 Å². The number of nitrogens with two attached hydrogens (primary N) is 1. The quantitative estimate of drug-likeness (QED) is 0.0275. The molecule has 0 aliphatic carbocycles. The second-order valence-electron chi connectivity index (χ2n) is 12.8. The summed E-state index contributed by atoms with van der Waals surface area (Å²) in [6.07, 6.45) is 52.9. The van der Waals surface area contributed by atoms with E-state index in [1.54, 1.807) is 0 Å². The lowest BCUT2D eigenvalue weighted by Crippen LogP contribution is -2.29. The van der Waals surface area contributed by atoms with E-state index in [-0.39, 0.29) is 32.6 Å². The fraction of sp³-hybridized carbons (Fsp3) is 0.556. The highest BCUT2D eigenvalue weighted by molar-refractivity contribution is 7.47. The zero-order valence-electron chi connectivity index (χ0n) is 33.9. The Bertz CT molecular complexity index is 1260. The molecule has 0 radical (unpaired) electrons. The van der Waals surface area contributed by atoms with Crippen molar-refractivity contribution in [1.29, 1.82) is 0 Å². The van der Waals surface area contributed by atoms with Gasteiger partial charge in [0.25, 0.3) is 0 Å². The average Bonchev–Trinajstić information content (AvgIpc) is 3.17. The zero-order chi connectivity index (χ0) is 40.3. The van der Waals surface area contributed by atoms with Gasteiger partial charge < -0.3 is 20.1 Å². The first-order chi connectivity index (χ1) is 26.8. The van der Waals surface area contributed by atoms with Crippen LogP contribution in [0.15, 0.2) is 109 Å². The van der Waals surface area contributed by atoms with Crippen LogP contribution in [0, 0.1) is 0 Å². The van der Waals surface area contributed by atoms with Gasteiger partial charge in [-0.05, 0) is 77.0 Å². The maximum atomic E-state index is 12.5. The Balaban J connectivity index is 4.45. The van der Waals surface area contributed by atoms with Crippen molar-refractivity contribution in [3.63, 3.8) is 0 Å². The zero-order valence-corrected chi connectivity index (χ0v) is 34.7. The number of phosphoric ester groups is 1. The molecule has 2 atom stereocenters. The molecule has 9 nitrogen and oxygen atoms in total. The number of allylic oxidation sites excluding steroid dienone is 18. The van der Waals surface area contributed by atoms with Crippen LogP contribution < -0.4 is 5.73 Å². The highest BCUT2D eigenvalue weighted by Crippen LogP contribution is 2.43.